The summed E-state index contributed by atoms with van der Waals surface area (Å²) < 4.78 is 35.6. The topological polar surface area (TPSA) is 33.0 Å². The van der Waals surface area contributed by atoms with Crippen LogP contribution in [0.15, 0.2) is 22.6 Å². The fourth-order valence-electron chi connectivity index (χ4n) is 0.720. The van der Waals surface area contributed by atoms with Crippen LogP contribution < -0.4 is 4.74 Å². The van der Waals surface area contributed by atoms with Crippen LogP contribution in [0.2, 0.25) is 0 Å². The molecule has 0 spiro atoms. The zero-order valence-corrected chi connectivity index (χ0v) is 7.81. The van der Waals surface area contributed by atoms with E-state index >= 15 is 0 Å². The van der Waals surface area contributed by atoms with Crippen molar-refractivity contribution in [3.05, 3.63) is 28.2 Å². The zero-order chi connectivity index (χ0) is 10.7. The van der Waals surface area contributed by atoms with Crippen LogP contribution in [-0.2, 0) is 0 Å². The van der Waals surface area contributed by atoms with Gasteiger partial charge in [0, 0.05) is 4.47 Å². The molecule has 1 aromatic carbocycles. The molecule has 2 nitrogen and oxygen atoms in total. The highest BCUT2D eigenvalue weighted by molar-refractivity contribution is 9.10. The predicted octanol–water partition coefficient (Wildman–Crippen LogP) is 2.92. The highest BCUT2D eigenvalue weighted by Gasteiger charge is 2.09. The Morgan fingerprint density at radius 3 is 2.85 bits per heavy atom. The molecule has 0 heterocycles. The van der Waals surface area contributed by atoms with Gasteiger partial charge in [0.05, 0.1) is 6.93 Å². The molecular weight excluding hydrogens is 244 g/mol. The number of hydrogen-bond donors (Lipinski definition) is 0. The minimum Gasteiger partial charge on any atom is -0.433 e. The molecule has 0 aromatic heterocycles. The second-order valence-electron chi connectivity index (χ2n) is 2.04. The smallest absolute Gasteiger partial charge is 0.387 e. The van der Waals surface area contributed by atoms with Gasteiger partial charge in [-0.1, -0.05) is 15.9 Å². The Hall–Kier alpha value is -1.15. The molecule has 0 fully saturated rings. The number of hydrogen-bond acceptors (Lipinski definition) is 2. The summed E-state index contributed by atoms with van der Waals surface area (Å²) in [5, 5.41) is 8.57. The van der Waals surface area contributed by atoms with E-state index < -0.39 is 12.4 Å². The van der Waals surface area contributed by atoms with Gasteiger partial charge in [-0.05, 0) is 18.2 Å². The lowest BCUT2D eigenvalue weighted by Gasteiger charge is -2.05. The SMILES string of the molecule is [2H]c1c(Br)ccc(C#N)c1OC(F)F. The Morgan fingerprint density at radius 2 is 2.31 bits per heavy atom. The monoisotopic (exact) mass is 248 g/mol. The second kappa shape index (κ2) is 4.19. The van der Waals surface area contributed by atoms with E-state index in [0.29, 0.717) is 4.47 Å². The van der Waals surface area contributed by atoms with Gasteiger partial charge in [-0.3, -0.25) is 0 Å². The molecule has 0 aliphatic heterocycles. The molecule has 1 rings (SSSR count). The molecule has 0 saturated carbocycles. The van der Waals surface area contributed by atoms with E-state index in [-0.39, 0.29) is 11.6 Å². The molecule has 0 saturated heterocycles. The highest BCUT2D eigenvalue weighted by Crippen LogP contribution is 2.24. The molecule has 5 heteroatoms. The highest BCUT2D eigenvalue weighted by atomic mass is 79.9. The second-order valence-corrected chi connectivity index (χ2v) is 2.89. The van der Waals surface area contributed by atoms with E-state index in [4.69, 9.17) is 6.63 Å². The Balaban J connectivity index is 3.23. The Morgan fingerprint density at radius 1 is 1.62 bits per heavy atom. The molecular formula is C8H4BrF2NO. The van der Waals surface area contributed by atoms with Crippen molar-refractivity contribution in [3.63, 3.8) is 0 Å². The lowest BCUT2D eigenvalue weighted by atomic mass is 10.2. The van der Waals surface area contributed by atoms with Gasteiger partial charge in [0.1, 0.15) is 11.8 Å². The zero-order valence-electron chi connectivity index (χ0n) is 7.22. The van der Waals surface area contributed by atoms with E-state index in [0.717, 1.165) is 0 Å². The first-order valence-electron chi connectivity index (χ1n) is 3.70. The van der Waals surface area contributed by atoms with Gasteiger partial charge in [0.25, 0.3) is 0 Å². The molecule has 0 amide bonds. The van der Waals surface area contributed by atoms with Crippen molar-refractivity contribution < 1.29 is 14.9 Å². The van der Waals surface area contributed by atoms with Crippen molar-refractivity contribution in [2.45, 2.75) is 6.61 Å². The standard InChI is InChI=1S/C8H4BrF2NO/c9-6-2-1-5(4-12)7(3-6)13-8(10)11/h1-3,8H/i3D. The number of benzene rings is 1. The fourth-order valence-corrected chi connectivity index (χ4v) is 1.03. The summed E-state index contributed by atoms with van der Waals surface area (Å²) in [6, 6.07) is 4.15. The summed E-state index contributed by atoms with van der Waals surface area (Å²) in [5.41, 5.74) is -0.0847. The third kappa shape index (κ3) is 2.67. The fraction of sp³-hybridized carbons (Fsp3) is 0.125. The quantitative estimate of drug-likeness (QED) is 0.807. The van der Waals surface area contributed by atoms with Crippen molar-refractivity contribution >= 4 is 15.9 Å². The van der Waals surface area contributed by atoms with Gasteiger partial charge in [-0.2, -0.15) is 14.0 Å². The van der Waals surface area contributed by atoms with Crippen LogP contribution in [-0.4, -0.2) is 6.61 Å². The van der Waals surface area contributed by atoms with E-state index in [1.807, 2.05) is 0 Å². The maximum Gasteiger partial charge on any atom is 0.387 e. The van der Waals surface area contributed by atoms with Crippen molar-refractivity contribution in [3.8, 4) is 11.8 Å². The molecule has 13 heavy (non-hydrogen) atoms. The largest absolute Gasteiger partial charge is 0.433 e. The van der Waals surface area contributed by atoms with Gasteiger partial charge in [0.15, 0.2) is 0 Å². The first-order valence-corrected chi connectivity index (χ1v) is 3.99. The molecule has 68 valence electrons. The summed E-state index contributed by atoms with van der Waals surface area (Å²) in [5.74, 6) is -0.406. The number of ether oxygens (including phenoxy) is 1. The van der Waals surface area contributed by atoms with Crippen molar-refractivity contribution in [2.24, 2.45) is 0 Å². The average Bonchev–Trinajstić information content (AvgIpc) is 2.13. The van der Waals surface area contributed by atoms with E-state index in [1.54, 1.807) is 6.07 Å². The summed E-state index contributed by atoms with van der Waals surface area (Å²) in [7, 11) is 0. The van der Waals surface area contributed by atoms with Crippen LogP contribution in [0.1, 0.15) is 6.93 Å². The Kier molecular flexibility index (Phi) is 2.72. The van der Waals surface area contributed by atoms with Crippen molar-refractivity contribution in [1.82, 2.24) is 0 Å². The van der Waals surface area contributed by atoms with Gasteiger partial charge >= 0.3 is 6.61 Å². The van der Waals surface area contributed by atoms with Crippen molar-refractivity contribution in [2.75, 3.05) is 0 Å². The molecule has 0 bridgehead atoms. The summed E-state index contributed by atoms with van der Waals surface area (Å²) in [6.45, 7) is -3.04. The van der Waals surface area contributed by atoms with E-state index in [2.05, 4.69) is 20.7 Å². The molecule has 0 unspecified atom stereocenters. The van der Waals surface area contributed by atoms with Gasteiger partial charge in [0.2, 0.25) is 0 Å². The first-order chi connectivity index (χ1) is 6.56. The number of rotatable bonds is 2. The lowest BCUT2D eigenvalue weighted by Crippen LogP contribution is -2.03. The average molecular weight is 249 g/mol. The van der Waals surface area contributed by atoms with E-state index in [1.165, 1.54) is 12.1 Å². The van der Waals surface area contributed by atoms with Crippen LogP contribution in [0.4, 0.5) is 8.78 Å². The van der Waals surface area contributed by atoms with Crippen molar-refractivity contribution in [1.29, 1.82) is 5.26 Å². The van der Waals surface area contributed by atoms with Crippen LogP contribution in [0.5, 0.6) is 5.75 Å². The third-order valence-electron chi connectivity index (χ3n) is 1.20. The molecule has 0 aliphatic rings. The minimum absolute atomic E-state index is 0.0847. The Labute approximate surface area is 83.3 Å². The molecule has 0 radical (unpaired) electrons. The van der Waals surface area contributed by atoms with Gasteiger partial charge in [-0.15, -0.1) is 0 Å². The number of alkyl halides is 2. The molecule has 0 aliphatic carbocycles. The van der Waals surface area contributed by atoms with Crippen LogP contribution in [0.25, 0.3) is 0 Å². The lowest BCUT2D eigenvalue weighted by molar-refractivity contribution is -0.0500. The van der Waals surface area contributed by atoms with E-state index in [9.17, 15) is 8.78 Å². The van der Waals surface area contributed by atoms with Gasteiger partial charge in [-0.25, -0.2) is 0 Å². The normalized spacial score (nSPS) is 10.8. The summed E-state index contributed by atoms with van der Waals surface area (Å²) >= 11 is 2.98. The number of nitrogens with zero attached hydrogens (tertiary/aromatic N) is 1. The number of nitriles is 1. The molecule has 1 aromatic rings. The summed E-state index contributed by atoms with van der Waals surface area (Å²) in [4.78, 5) is 0. The van der Waals surface area contributed by atoms with Gasteiger partial charge < -0.3 is 4.74 Å². The van der Waals surface area contributed by atoms with Crippen LogP contribution in [0.3, 0.4) is 0 Å². The maximum absolute atomic E-state index is 11.9. The third-order valence-corrected chi connectivity index (χ3v) is 1.66. The molecule has 0 atom stereocenters. The maximum atomic E-state index is 11.9. The van der Waals surface area contributed by atoms with Crippen LogP contribution in [0, 0.1) is 11.3 Å². The number of halogens is 3. The first kappa shape index (κ1) is 8.45. The summed E-state index contributed by atoms with van der Waals surface area (Å²) in [6.07, 6.45) is 0. The minimum atomic E-state index is -3.04. The van der Waals surface area contributed by atoms with Crippen LogP contribution >= 0.6 is 15.9 Å². The molecule has 0 N–H and O–H groups in total. The predicted molar refractivity (Wildman–Crippen MR) is 45.5 cm³/mol. The Bertz CT molecular complexity index is 392.